The molecule has 0 fully saturated rings. The summed E-state index contributed by atoms with van der Waals surface area (Å²) in [7, 11) is -3.86. The van der Waals surface area contributed by atoms with Gasteiger partial charge in [0.1, 0.15) is 0 Å². The highest BCUT2D eigenvalue weighted by Gasteiger charge is 2.14. The van der Waals surface area contributed by atoms with Gasteiger partial charge in [-0.15, -0.1) is 5.10 Å². The van der Waals surface area contributed by atoms with E-state index in [1.54, 1.807) is 36.4 Å². The van der Waals surface area contributed by atoms with Crippen LogP contribution < -0.4 is 10.5 Å². The fraction of sp³-hybridized carbons (Fsp3) is 0.0556. The van der Waals surface area contributed by atoms with Crippen molar-refractivity contribution in [2.45, 2.75) is 11.8 Å². The Labute approximate surface area is 165 Å². The number of carbonyl (C=O) groups is 1. The Morgan fingerprint density at radius 1 is 1.14 bits per heavy atom. The van der Waals surface area contributed by atoms with E-state index in [0.717, 1.165) is 0 Å². The molecule has 0 aliphatic heterocycles. The van der Waals surface area contributed by atoms with Crippen LogP contribution >= 0.6 is 0 Å². The van der Waals surface area contributed by atoms with Crippen molar-refractivity contribution < 1.29 is 13.2 Å². The third-order valence-corrected chi connectivity index (χ3v) is 5.02. The molecule has 0 aliphatic rings. The highest BCUT2D eigenvalue weighted by molar-refractivity contribution is 7.89. The van der Waals surface area contributed by atoms with Gasteiger partial charge in [-0.2, -0.15) is 9.67 Å². The van der Waals surface area contributed by atoms with Crippen molar-refractivity contribution in [3.05, 3.63) is 60.3 Å². The van der Waals surface area contributed by atoms with E-state index in [0.29, 0.717) is 28.1 Å². The van der Waals surface area contributed by atoms with Crippen molar-refractivity contribution in [1.29, 1.82) is 0 Å². The second kappa shape index (κ2) is 7.04. The zero-order valence-corrected chi connectivity index (χ0v) is 16.0. The zero-order chi connectivity index (χ0) is 20.6. The van der Waals surface area contributed by atoms with Gasteiger partial charge in [0.25, 0.3) is 0 Å². The van der Waals surface area contributed by atoms with Crippen LogP contribution in [0.5, 0.6) is 0 Å². The number of benzene rings is 2. The minimum Gasteiger partial charge on any atom is -0.324 e. The molecule has 4 aromatic rings. The van der Waals surface area contributed by atoms with Crippen LogP contribution in [0.25, 0.3) is 16.9 Å². The lowest BCUT2D eigenvalue weighted by molar-refractivity contribution is 0.101. The Hall–Kier alpha value is -3.70. The normalized spacial score (nSPS) is 11.5. The van der Waals surface area contributed by atoms with E-state index in [1.807, 2.05) is 0 Å². The molecule has 0 spiro atoms. The van der Waals surface area contributed by atoms with Crippen LogP contribution in [-0.4, -0.2) is 39.2 Å². The van der Waals surface area contributed by atoms with E-state index < -0.39 is 10.0 Å². The Morgan fingerprint density at radius 2 is 1.93 bits per heavy atom. The number of anilines is 2. The number of carbonyl (C=O) groups excluding carboxylic acids is 1. The molecule has 0 amide bonds. The molecule has 0 aliphatic carbocycles. The second-order valence-electron chi connectivity index (χ2n) is 6.21. The smallest absolute Gasteiger partial charge is 0.238 e. The van der Waals surface area contributed by atoms with Gasteiger partial charge in [0, 0.05) is 11.3 Å². The van der Waals surface area contributed by atoms with E-state index in [1.165, 1.54) is 29.9 Å². The number of hydrogen-bond acceptors (Lipinski definition) is 8. The lowest BCUT2D eigenvalue weighted by atomic mass is 10.1. The van der Waals surface area contributed by atoms with Crippen molar-refractivity contribution in [1.82, 2.24) is 25.0 Å². The van der Waals surface area contributed by atoms with Gasteiger partial charge in [-0.05, 0) is 37.3 Å². The fourth-order valence-electron chi connectivity index (χ4n) is 2.70. The Morgan fingerprint density at radius 3 is 2.69 bits per heavy atom. The standard InChI is InChI=1S/C18H15N7O3S/c1-11(26)12-4-2-5-13(8-12)21-18-20-10-16-17(22-18)25(24-23-16)14-6-3-7-15(9-14)29(19,27)28/h2-10H,1H3,(H2,19,27,28)(H,20,21,22). The molecule has 4 rings (SSSR count). The molecular formula is C18H15N7O3S. The molecule has 2 heterocycles. The first-order valence-corrected chi connectivity index (χ1v) is 9.95. The summed E-state index contributed by atoms with van der Waals surface area (Å²) in [5, 5.41) is 16.3. The molecule has 2 aromatic carbocycles. The molecule has 0 bridgehead atoms. The monoisotopic (exact) mass is 409 g/mol. The Kier molecular flexibility index (Phi) is 4.53. The van der Waals surface area contributed by atoms with Crippen LogP contribution in [0.1, 0.15) is 17.3 Å². The first-order chi connectivity index (χ1) is 13.8. The molecule has 0 saturated heterocycles. The lowest BCUT2D eigenvalue weighted by Gasteiger charge is -2.07. The van der Waals surface area contributed by atoms with Gasteiger partial charge in [0.15, 0.2) is 16.9 Å². The lowest BCUT2D eigenvalue weighted by Crippen LogP contribution is -2.12. The average Bonchev–Trinajstić information content (AvgIpc) is 3.11. The van der Waals surface area contributed by atoms with Crippen molar-refractivity contribution in [2.75, 3.05) is 5.32 Å². The number of Topliss-reactive ketones (excluding diaryl/α,β-unsaturated/α-hetero) is 1. The van der Waals surface area contributed by atoms with E-state index in [4.69, 9.17) is 5.14 Å². The molecule has 0 radical (unpaired) electrons. The largest absolute Gasteiger partial charge is 0.324 e. The maximum atomic E-state index is 11.6. The number of primary sulfonamides is 1. The summed E-state index contributed by atoms with van der Waals surface area (Å²) in [6.45, 7) is 1.49. The maximum Gasteiger partial charge on any atom is 0.238 e. The number of nitrogens with one attached hydrogen (secondary N) is 1. The predicted molar refractivity (Wildman–Crippen MR) is 106 cm³/mol. The number of hydrogen-bond donors (Lipinski definition) is 2. The van der Waals surface area contributed by atoms with Gasteiger partial charge in [0.05, 0.1) is 16.8 Å². The summed E-state index contributed by atoms with van der Waals surface area (Å²) >= 11 is 0. The predicted octanol–water partition coefficient (Wildman–Crippen LogP) is 1.80. The topological polar surface area (TPSA) is 146 Å². The molecule has 0 atom stereocenters. The highest BCUT2D eigenvalue weighted by Crippen LogP contribution is 2.20. The van der Waals surface area contributed by atoms with Crippen LogP contribution in [0.2, 0.25) is 0 Å². The van der Waals surface area contributed by atoms with Crippen molar-refractivity contribution in [3.8, 4) is 5.69 Å². The highest BCUT2D eigenvalue weighted by atomic mass is 32.2. The second-order valence-corrected chi connectivity index (χ2v) is 7.77. The quantitative estimate of drug-likeness (QED) is 0.475. The third kappa shape index (κ3) is 3.81. The Bertz CT molecular complexity index is 1350. The summed E-state index contributed by atoms with van der Waals surface area (Å²) < 4.78 is 24.6. The first-order valence-electron chi connectivity index (χ1n) is 8.41. The van der Waals surface area contributed by atoms with Crippen LogP contribution in [-0.2, 0) is 10.0 Å². The third-order valence-electron chi connectivity index (χ3n) is 4.11. The number of nitrogens with two attached hydrogens (primary N) is 1. The molecule has 11 heteroatoms. The summed E-state index contributed by atoms with van der Waals surface area (Å²) in [4.78, 5) is 20.1. The van der Waals surface area contributed by atoms with Gasteiger partial charge in [-0.1, -0.05) is 23.4 Å². The number of nitrogens with zero attached hydrogens (tertiary/aromatic N) is 5. The molecule has 0 saturated carbocycles. The average molecular weight is 409 g/mol. The van der Waals surface area contributed by atoms with E-state index in [2.05, 4.69) is 25.6 Å². The number of ketones is 1. The molecule has 2 aromatic heterocycles. The molecule has 10 nitrogen and oxygen atoms in total. The Balaban J connectivity index is 1.74. The number of aromatic nitrogens is 5. The summed E-state index contributed by atoms with van der Waals surface area (Å²) in [6, 6.07) is 12.9. The van der Waals surface area contributed by atoms with Crippen molar-refractivity contribution in [3.63, 3.8) is 0 Å². The van der Waals surface area contributed by atoms with Gasteiger partial charge in [-0.25, -0.2) is 18.5 Å². The van der Waals surface area contributed by atoms with Crippen LogP contribution in [0.3, 0.4) is 0 Å². The number of sulfonamides is 1. The summed E-state index contributed by atoms with van der Waals surface area (Å²) in [6.07, 6.45) is 1.49. The zero-order valence-electron chi connectivity index (χ0n) is 15.1. The van der Waals surface area contributed by atoms with Crippen LogP contribution in [0, 0.1) is 0 Å². The van der Waals surface area contributed by atoms with E-state index >= 15 is 0 Å². The molecule has 3 N–H and O–H groups in total. The molecule has 0 unspecified atom stereocenters. The minimum atomic E-state index is -3.86. The number of fused-ring (bicyclic) bond motifs is 1. The first kappa shape index (κ1) is 18.7. The van der Waals surface area contributed by atoms with Crippen LogP contribution in [0.15, 0.2) is 59.6 Å². The molecule has 29 heavy (non-hydrogen) atoms. The van der Waals surface area contributed by atoms with Crippen molar-refractivity contribution in [2.24, 2.45) is 5.14 Å². The van der Waals surface area contributed by atoms with Gasteiger partial charge < -0.3 is 5.32 Å². The van der Waals surface area contributed by atoms with E-state index in [9.17, 15) is 13.2 Å². The van der Waals surface area contributed by atoms with Gasteiger partial charge in [-0.3, -0.25) is 4.79 Å². The van der Waals surface area contributed by atoms with Gasteiger partial charge >= 0.3 is 0 Å². The van der Waals surface area contributed by atoms with Crippen LogP contribution in [0.4, 0.5) is 11.6 Å². The summed E-state index contributed by atoms with van der Waals surface area (Å²) in [5.41, 5.74) is 2.43. The fourth-order valence-corrected chi connectivity index (χ4v) is 3.25. The molecular weight excluding hydrogens is 394 g/mol. The molecule has 146 valence electrons. The maximum absolute atomic E-state index is 11.6. The number of rotatable bonds is 5. The van der Waals surface area contributed by atoms with Crippen molar-refractivity contribution >= 4 is 38.6 Å². The van der Waals surface area contributed by atoms with Gasteiger partial charge in [0.2, 0.25) is 16.0 Å². The summed E-state index contributed by atoms with van der Waals surface area (Å²) in [5.74, 6) is 0.214. The van der Waals surface area contributed by atoms with E-state index in [-0.39, 0.29) is 16.6 Å². The minimum absolute atomic E-state index is 0.0490. The SMILES string of the molecule is CC(=O)c1cccc(Nc2ncc3nnn(-c4cccc(S(N)(=O)=O)c4)c3n2)c1.